The third-order valence-corrected chi connectivity index (χ3v) is 5.34. The van der Waals surface area contributed by atoms with Crippen LogP contribution in [-0.2, 0) is 6.42 Å². The Kier molecular flexibility index (Phi) is 5.60. The van der Waals surface area contributed by atoms with Crippen molar-refractivity contribution in [3.8, 4) is 22.8 Å². The van der Waals surface area contributed by atoms with Crippen LogP contribution in [0.2, 0.25) is 0 Å². The largest absolute Gasteiger partial charge is 0.486 e. The molecule has 6 nitrogen and oxygen atoms in total. The first-order chi connectivity index (χ1) is 15.7. The van der Waals surface area contributed by atoms with E-state index in [1.807, 2.05) is 40.9 Å². The summed E-state index contributed by atoms with van der Waals surface area (Å²) in [6, 6.07) is 20.6. The molecule has 32 heavy (non-hydrogen) atoms. The molecule has 4 aromatic rings. The summed E-state index contributed by atoms with van der Waals surface area (Å²) in [6.07, 6.45) is 5.00. The van der Waals surface area contributed by atoms with E-state index in [-0.39, 0.29) is 0 Å². The number of pyridine rings is 1. The fraction of sp³-hybridized carbons (Fsp3) is 0.231. The number of fused-ring (bicyclic) bond motifs is 2. The van der Waals surface area contributed by atoms with Crippen molar-refractivity contribution < 1.29 is 9.47 Å². The highest BCUT2D eigenvalue weighted by molar-refractivity contribution is 5.66. The number of hydrogen-bond donors (Lipinski definition) is 0. The van der Waals surface area contributed by atoms with Crippen LogP contribution in [0.25, 0.3) is 23.0 Å². The Morgan fingerprint density at radius 2 is 1.81 bits per heavy atom. The van der Waals surface area contributed by atoms with Crippen LogP contribution in [0, 0.1) is 0 Å². The summed E-state index contributed by atoms with van der Waals surface area (Å²) in [5.74, 6) is 2.35. The minimum Gasteiger partial charge on any atom is -0.486 e. The highest BCUT2D eigenvalue weighted by Crippen LogP contribution is 2.34. The normalized spacial score (nSPS) is 13.3. The van der Waals surface area contributed by atoms with Crippen molar-refractivity contribution in [2.75, 3.05) is 33.9 Å². The number of benzene rings is 2. The molecule has 1 aliphatic rings. The van der Waals surface area contributed by atoms with Crippen molar-refractivity contribution in [1.29, 1.82) is 0 Å². The van der Waals surface area contributed by atoms with Gasteiger partial charge in [-0.2, -0.15) is 5.10 Å². The molecule has 0 N–H and O–H groups in total. The summed E-state index contributed by atoms with van der Waals surface area (Å²) in [5, 5.41) is 4.82. The smallest absolute Gasteiger partial charge is 0.162 e. The van der Waals surface area contributed by atoms with Gasteiger partial charge in [-0.15, -0.1) is 0 Å². The second kappa shape index (κ2) is 8.85. The van der Waals surface area contributed by atoms with Crippen molar-refractivity contribution >= 4 is 11.7 Å². The van der Waals surface area contributed by atoms with Gasteiger partial charge in [-0.1, -0.05) is 42.5 Å². The monoisotopic (exact) mass is 426 g/mol. The summed E-state index contributed by atoms with van der Waals surface area (Å²) in [7, 11) is 4.13. The van der Waals surface area contributed by atoms with Gasteiger partial charge in [-0.3, -0.25) is 0 Å². The summed E-state index contributed by atoms with van der Waals surface area (Å²) < 4.78 is 13.3. The number of likely N-dealkylation sites (N-methyl/N-ethyl adjacent to an activating group) is 1. The van der Waals surface area contributed by atoms with Gasteiger partial charge < -0.3 is 14.4 Å². The number of hydrogen-bond acceptors (Lipinski definition) is 5. The Morgan fingerprint density at radius 1 is 0.969 bits per heavy atom. The van der Waals surface area contributed by atoms with E-state index in [9.17, 15) is 0 Å². The van der Waals surface area contributed by atoms with Crippen molar-refractivity contribution in [2.24, 2.45) is 0 Å². The molecule has 0 fully saturated rings. The molecule has 1 aliphatic heterocycles. The predicted octanol–water partition coefficient (Wildman–Crippen LogP) is 4.33. The van der Waals surface area contributed by atoms with E-state index in [0.29, 0.717) is 19.6 Å². The zero-order valence-electron chi connectivity index (χ0n) is 18.4. The lowest BCUT2D eigenvalue weighted by Crippen LogP contribution is -2.15. The van der Waals surface area contributed by atoms with Gasteiger partial charge in [0, 0.05) is 18.5 Å². The van der Waals surface area contributed by atoms with Crippen LogP contribution in [0.5, 0.6) is 11.5 Å². The molecule has 2 aromatic carbocycles. The molecule has 162 valence electrons. The maximum absolute atomic E-state index is 5.76. The van der Waals surface area contributed by atoms with E-state index in [0.717, 1.165) is 40.8 Å². The van der Waals surface area contributed by atoms with E-state index < -0.39 is 0 Å². The number of ether oxygens (including phenoxy) is 2. The summed E-state index contributed by atoms with van der Waals surface area (Å²) in [4.78, 5) is 6.91. The lowest BCUT2D eigenvalue weighted by Gasteiger charge is -2.19. The zero-order valence-corrected chi connectivity index (χ0v) is 18.4. The van der Waals surface area contributed by atoms with Crippen molar-refractivity contribution in [2.45, 2.75) is 6.42 Å². The number of rotatable bonds is 6. The minimum absolute atomic E-state index is 0.567. The van der Waals surface area contributed by atoms with Crippen molar-refractivity contribution in [3.63, 3.8) is 0 Å². The molecule has 0 saturated heterocycles. The van der Waals surface area contributed by atoms with Gasteiger partial charge >= 0.3 is 0 Å². The van der Waals surface area contributed by atoms with Crippen LogP contribution >= 0.6 is 0 Å². The maximum atomic E-state index is 5.76. The second-order valence-electron chi connectivity index (χ2n) is 8.15. The molecule has 3 heterocycles. The first-order valence-corrected chi connectivity index (χ1v) is 10.8. The molecule has 6 heteroatoms. The second-order valence-corrected chi connectivity index (χ2v) is 8.15. The Labute approximate surface area is 187 Å². The van der Waals surface area contributed by atoms with Crippen LogP contribution in [0.3, 0.4) is 0 Å². The molecule has 0 saturated carbocycles. The number of aromatic nitrogens is 3. The quantitative estimate of drug-likeness (QED) is 0.459. The average molecular weight is 427 g/mol. The van der Waals surface area contributed by atoms with Gasteiger partial charge in [0.1, 0.15) is 13.2 Å². The molecule has 5 rings (SSSR count). The van der Waals surface area contributed by atoms with E-state index in [1.54, 1.807) is 0 Å². The lowest BCUT2D eigenvalue weighted by molar-refractivity contribution is 0.171. The van der Waals surface area contributed by atoms with Crippen LogP contribution in [0.4, 0.5) is 0 Å². The Bertz CT molecular complexity index is 1280. The zero-order chi connectivity index (χ0) is 21.9. The highest BCUT2D eigenvalue weighted by Gasteiger charge is 2.15. The van der Waals surface area contributed by atoms with Crippen molar-refractivity contribution in [3.05, 3.63) is 83.7 Å². The van der Waals surface area contributed by atoms with Gasteiger partial charge in [0.2, 0.25) is 0 Å². The third-order valence-electron chi connectivity index (χ3n) is 5.34. The number of nitrogens with zero attached hydrogens (tertiary/aromatic N) is 4. The van der Waals surface area contributed by atoms with Crippen LogP contribution in [-0.4, -0.2) is 53.4 Å². The first-order valence-electron chi connectivity index (χ1n) is 10.8. The van der Waals surface area contributed by atoms with Crippen LogP contribution < -0.4 is 9.47 Å². The van der Waals surface area contributed by atoms with E-state index in [2.05, 4.69) is 55.4 Å². The average Bonchev–Trinajstić information content (AvgIpc) is 3.21. The van der Waals surface area contributed by atoms with E-state index in [4.69, 9.17) is 19.6 Å². The third kappa shape index (κ3) is 4.36. The molecule has 0 spiro atoms. The molecule has 2 aromatic heterocycles. The maximum Gasteiger partial charge on any atom is 0.162 e. The van der Waals surface area contributed by atoms with Gasteiger partial charge in [-0.05, 0) is 55.6 Å². The first kappa shape index (κ1) is 20.3. The summed E-state index contributed by atoms with van der Waals surface area (Å²) >= 11 is 0. The molecule has 0 amide bonds. The molecule has 0 aliphatic carbocycles. The van der Waals surface area contributed by atoms with Crippen LogP contribution in [0.1, 0.15) is 17.0 Å². The molecular weight excluding hydrogens is 400 g/mol. The Balaban J connectivity index is 1.42. The van der Waals surface area contributed by atoms with Gasteiger partial charge in [0.25, 0.3) is 0 Å². The Morgan fingerprint density at radius 3 is 2.69 bits per heavy atom. The SMILES string of the molecule is CN(C)C/C=C/c1cccc(Cc2nc3cccc(-c4ccc5c(c4)OCCO5)n3n2)c1. The highest BCUT2D eigenvalue weighted by atomic mass is 16.6. The Hall–Kier alpha value is -3.64. The molecule has 0 bridgehead atoms. The fourth-order valence-corrected chi connectivity index (χ4v) is 3.83. The predicted molar refractivity (Wildman–Crippen MR) is 126 cm³/mol. The van der Waals surface area contributed by atoms with Crippen LogP contribution in [0.15, 0.2) is 66.7 Å². The molecule has 0 atom stereocenters. The van der Waals surface area contributed by atoms with E-state index in [1.165, 1.54) is 11.1 Å². The lowest BCUT2D eigenvalue weighted by atomic mass is 10.1. The summed E-state index contributed by atoms with van der Waals surface area (Å²) in [6.45, 7) is 2.07. The molecule has 0 unspecified atom stereocenters. The van der Waals surface area contributed by atoms with Gasteiger partial charge in [0.05, 0.1) is 5.69 Å². The van der Waals surface area contributed by atoms with Gasteiger partial charge in [-0.25, -0.2) is 9.50 Å². The molecule has 0 radical (unpaired) electrons. The minimum atomic E-state index is 0.567. The molecular formula is C26H26N4O2. The fourth-order valence-electron chi connectivity index (χ4n) is 3.83. The standard InChI is InChI=1S/C26H26N4O2/c1-29(2)13-5-8-19-6-3-7-20(16-19)17-25-27-26-10-4-9-22(30(26)28-25)21-11-12-23-24(18-21)32-15-14-31-23/h3-12,16,18H,13-15,17H2,1-2H3/b8-5+. The van der Waals surface area contributed by atoms with Gasteiger partial charge in [0.15, 0.2) is 23.0 Å². The summed E-state index contributed by atoms with van der Waals surface area (Å²) in [5.41, 5.74) is 5.19. The topological polar surface area (TPSA) is 51.9 Å². The van der Waals surface area contributed by atoms with E-state index >= 15 is 0 Å². The van der Waals surface area contributed by atoms with Crippen molar-refractivity contribution in [1.82, 2.24) is 19.5 Å².